The summed E-state index contributed by atoms with van der Waals surface area (Å²) in [4.78, 5) is 18.8. The van der Waals surface area contributed by atoms with Crippen LogP contribution in [0.5, 0.6) is 0 Å². The van der Waals surface area contributed by atoms with Gasteiger partial charge in [0.2, 0.25) is 0 Å². The van der Waals surface area contributed by atoms with Gasteiger partial charge < -0.3 is 16.0 Å². The molecule has 0 saturated carbocycles. The Morgan fingerprint density at radius 2 is 1.95 bits per heavy atom. The van der Waals surface area contributed by atoms with Gasteiger partial charge in [-0.3, -0.25) is 4.79 Å². The lowest BCUT2D eigenvalue weighted by molar-refractivity contribution is -0.112. The second-order valence-electron chi connectivity index (χ2n) is 4.66. The molecule has 4 N–H and O–H groups in total. The molecule has 1 aromatic carbocycles. The maximum Gasteiger partial charge on any atom is 0.270 e. The third kappa shape index (κ3) is 2.49. The van der Waals surface area contributed by atoms with Crippen molar-refractivity contribution in [3.05, 3.63) is 61.1 Å². The number of aromatic amines is 1. The Balaban J connectivity index is 1.92. The van der Waals surface area contributed by atoms with Crippen LogP contribution in [0.15, 0.2) is 61.1 Å². The van der Waals surface area contributed by atoms with Crippen LogP contribution in [-0.2, 0) is 4.79 Å². The third-order valence-electron chi connectivity index (χ3n) is 3.21. The molecule has 0 aliphatic heterocycles. The van der Waals surface area contributed by atoms with E-state index in [2.05, 4.69) is 21.9 Å². The smallest absolute Gasteiger partial charge is 0.270 e. The first-order chi connectivity index (χ1) is 10.1. The van der Waals surface area contributed by atoms with Crippen molar-refractivity contribution in [1.82, 2.24) is 9.97 Å². The van der Waals surface area contributed by atoms with Gasteiger partial charge in [-0.05, 0) is 35.4 Å². The van der Waals surface area contributed by atoms with Crippen molar-refractivity contribution in [2.45, 2.75) is 0 Å². The number of hydrogen-bond donors (Lipinski definition) is 3. The number of nitrogens with two attached hydrogens (primary N) is 1. The van der Waals surface area contributed by atoms with Crippen LogP contribution in [0.2, 0.25) is 0 Å². The fourth-order valence-electron chi connectivity index (χ4n) is 2.16. The summed E-state index contributed by atoms with van der Waals surface area (Å²) in [6.45, 7) is 3.40. The Morgan fingerprint density at radius 1 is 1.19 bits per heavy atom. The van der Waals surface area contributed by atoms with E-state index in [9.17, 15) is 4.79 Å². The lowest BCUT2D eigenvalue weighted by Crippen LogP contribution is -2.18. The zero-order chi connectivity index (χ0) is 14.8. The quantitative estimate of drug-likeness (QED) is 0.644. The van der Waals surface area contributed by atoms with E-state index in [-0.39, 0.29) is 11.6 Å². The first kappa shape index (κ1) is 12.9. The molecule has 21 heavy (non-hydrogen) atoms. The largest absolute Gasteiger partial charge is 0.395 e. The minimum atomic E-state index is -0.389. The van der Waals surface area contributed by atoms with Crippen molar-refractivity contribution in [2.24, 2.45) is 5.73 Å². The van der Waals surface area contributed by atoms with E-state index in [0.717, 1.165) is 22.2 Å². The predicted octanol–water partition coefficient (Wildman–Crippen LogP) is 2.64. The standard InChI is InChI=1S/C16H14N4O/c1-10(17)16(21)20-12-4-2-11(3-5-12)13-6-8-18-15-14(13)7-9-19-15/h2-9H,1,17H2,(H,18,19)(H,20,21). The molecular weight excluding hydrogens is 264 g/mol. The van der Waals surface area contributed by atoms with Crippen LogP contribution in [0, 0.1) is 0 Å². The lowest BCUT2D eigenvalue weighted by Gasteiger charge is -2.07. The van der Waals surface area contributed by atoms with Crippen molar-refractivity contribution in [1.29, 1.82) is 0 Å². The lowest BCUT2D eigenvalue weighted by atomic mass is 10.0. The maximum atomic E-state index is 11.5. The normalized spacial score (nSPS) is 10.5. The van der Waals surface area contributed by atoms with Gasteiger partial charge in [0.15, 0.2) is 0 Å². The molecular formula is C16H14N4O. The average molecular weight is 278 g/mol. The average Bonchev–Trinajstić information content (AvgIpc) is 2.96. The molecule has 0 fully saturated rings. The summed E-state index contributed by atoms with van der Waals surface area (Å²) < 4.78 is 0. The van der Waals surface area contributed by atoms with Crippen LogP contribution in [0.25, 0.3) is 22.2 Å². The van der Waals surface area contributed by atoms with E-state index in [1.165, 1.54) is 0 Å². The summed E-state index contributed by atoms with van der Waals surface area (Å²) >= 11 is 0. The zero-order valence-electron chi connectivity index (χ0n) is 11.3. The highest BCUT2D eigenvalue weighted by Crippen LogP contribution is 2.27. The molecule has 2 heterocycles. The molecule has 2 aromatic heterocycles. The molecule has 0 unspecified atom stereocenters. The molecule has 0 atom stereocenters. The van der Waals surface area contributed by atoms with E-state index >= 15 is 0 Å². The fraction of sp³-hybridized carbons (Fsp3) is 0. The van der Waals surface area contributed by atoms with Crippen LogP contribution < -0.4 is 11.1 Å². The first-order valence-corrected chi connectivity index (χ1v) is 6.43. The van der Waals surface area contributed by atoms with Crippen molar-refractivity contribution in [3.8, 4) is 11.1 Å². The second kappa shape index (κ2) is 5.13. The van der Waals surface area contributed by atoms with Crippen molar-refractivity contribution in [3.63, 3.8) is 0 Å². The molecule has 5 heteroatoms. The summed E-state index contributed by atoms with van der Waals surface area (Å²) in [5.74, 6) is -0.389. The first-order valence-electron chi connectivity index (χ1n) is 6.43. The Bertz CT molecular complexity index is 818. The molecule has 0 saturated heterocycles. The topological polar surface area (TPSA) is 83.8 Å². The number of carbonyl (C=O) groups is 1. The summed E-state index contributed by atoms with van der Waals surface area (Å²) in [6.07, 6.45) is 3.63. The molecule has 104 valence electrons. The van der Waals surface area contributed by atoms with E-state index in [4.69, 9.17) is 5.73 Å². The van der Waals surface area contributed by atoms with Crippen molar-refractivity contribution < 1.29 is 4.79 Å². The number of carbonyl (C=O) groups excluding carboxylic acids is 1. The Morgan fingerprint density at radius 3 is 2.67 bits per heavy atom. The van der Waals surface area contributed by atoms with Crippen LogP contribution >= 0.6 is 0 Å². The minimum Gasteiger partial charge on any atom is -0.395 e. The van der Waals surface area contributed by atoms with Gasteiger partial charge in [0.1, 0.15) is 5.65 Å². The second-order valence-corrected chi connectivity index (χ2v) is 4.66. The van der Waals surface area contributed by atoms with Gasteiger partial charge in [0.05, 0.1) is 5.70 Å². The Labute approximate surface area is 121 Å². The van der Waals surface area contributed by atoms with Gasteiger partial charge in [-0.25, -0.2) is 4.98 Å². The summed E-state index contributed by atoms with van der Waals surface area (Å²) in [6, 6.07) is 11.5. The molecule has 0 bridgehead atoms. The van der Waals surface area contributed by atoms with Gasteiger partial charge in [0.25, 0.3) is 5.91 Å². The SMILES string of the molecule is C=C(N)C(=O)Nc1ccc(-c2ccnc3[nH]ccc23)cc1. The molecule has 0 radical (unpaired) electrons. The van der Waals surface area contributed by atoms with Gasteiger partial charge in [-0.15, -0.1) is 0 Å². The predicted molar refractivity (Wildman–Crippen MR) is 83.5 cm³/mol. The molecule has 0 spiro atoms. The molecule has 0 aliphatic rings. The number of pyridine rings is 1. The fourth-order valence-corrected chi connectivity index (χ4v) is 2.16. The number of amides is 1. The van der Waals surface area contributed by atoms with E-state index in [0.29, 0.717) is 5.69 Å². The number of nitrogens with zero attached hydrogens (tertiary/aromatic N) is 1. The molecule has 3 aromatic rings. The van der Waals surface area contributed by atoms with E-state index in [1.54, 1.807) is 6.20 Å². The third-order valence-corrected chi connectivity index (χ3v) is 3.21. The summed E-state index contributed by atoms with van der Waals surface area (Å²) in [5, 5.41) is 3.73. The van der Waals surface area contributed by atoms with Gasteiger partial charge >= 0.3 is 0 Å². The zero-order valence-corrected chi connectivity index (χ0v) is 11.3. The number of anilines is 1. The van der Waals surface area contributed by atoms with Gasteiger partial charge in [-0.1, -0.05) is 18.7 Å². The van der Waals surface area contributed by atoms with Crippen LogP contribution in [0.1, 0.15) is 0 Å². The van der Waals surface area contributed by atoms with E-state index in [1.807, 2.05) is 42.6 Å². The number of benzene rings is 1. The monoisotopic (exact) mass is 278 g/mol. The maximum absolute atomic E-state index is 11.5. The summed E-state index contributed by atoms with van der Waals surface area (Å²) in [5.41, 5.74) is 8.99. The van der Waals surface area contributed by atoms with Gasteiger partial charge in [0, 0.05) is 23.5 Å². The van der Waals surface area contributed by atoms with Gasteiger partial charge in [-0.2, -0.15) is 0 Å². The van der Waals surface area contributed by atoms with E-state index < -0.39 is 0 Å². The Kier molecular flexibility index (Phi) is 3.16. The van der Waals surface area contributed by atoms with Crippen LogP contribution in [0.4, 0.5) is 5.69 Å². The molecule has 5 nitrogen and oxygen atoms in total. The highest BCUT2D eigenvalue weighted by atomic mass is 16.1. The summed E-state index contributed by atoms with van der Waals surface area (Å²) in [7, 11) is 0. The number of aromatic nitrogens is 2. The van der Waals surface area contributed by atoms with Crippen molar-refractivity contribution in [2.75, 3.05) is 5.32 Å². The highest BCUT2D eigenvalue weighted by Gasteiger charge is 2.06. The van der Waals surface area contributed by atoms with Crippen LogP contribution in [0.3, 0.4) is 0 Å². The number of rotatable bonds is 3. The number of fused-ring (bicyclic) bond motifs is 1. The van der Waals surface area contributed by atoms with Crippen LogP contribution in [-0.4, -0.2) is 15.9 Å². The molecule has 3 rings (SSSR count). The molecule has 1 amide bonds. The minimum absolute atomic E-state index is 0.0118. The number of H-pyrrole nitrogens is 1. The Hall–Kier alpha value is -3.08. The number of nitrogens with one attached hydrogen (secondary N) is 2. The highest BCUT2D eigenvalue weighted by molar-refractivity contribution is 6.02. The number of hydrogen-bond acceptors (Lipinski definition) is 3. The molecule has 0 aliphatic carbocycles. The van der Waals surface area contributed by atoms with Crippen molar-refractivity contribution >= 4 is 22.6 Å².